The Morgan fingerprint density at radius 2 is 2.09 bits per heavy atom. The highest BCUT2D eigenvalue weighted by Crippen LogP contribution is 2.26. The van der Waals surface area contributed by atoms with Crippen LogP contribution in [0.2, 0.25) is 0 Å². The van der Waals surface area contributed by atoms with Crippen LogP contribution in [0.15, 0.2) is 17.3 Å². The molecule has 0 aliphatic carbocycles. The first-order valence-corrected chi connectivity index (χ1v) is 2.82. The average molecular weight is 163 g/mol. The summed E-state index contributed by atoms with van der Waals surface area (Å²) in [6, 6.07) is 0. The molecular formula is C6H4F3NO. The molecule has 0 saturated heterocycles. The predicted octanol–water partition coefficient (Wildman–Crippen LogP) is 1.33. The average Bonchev–Trinajstić information content (AvgIpc) is 1.86. The number of carbonyl (C=O) groups is 1. The van der Waals surface area contributed by atoms with E-state index in [4.69, 9.17) is 0 Å². The fourth-order valence-corrected chi connectivity index (χ4v) is 0.675. The molecule has 0 radical (unpaired) electrons. The van der Waals surface area contributed by atoms with Gasteiger partial charge in [0.2, 0.25) is 0 Å². The first-order valence-electron chi connectivity index (χ1n) is 2.82. The van der Waals surface area contributed by atoms with Crippen molar-refractivity contribution in [2.45, 2.75) is 6.18 Å². The third-order valence-electron chi connectivity index (χ3n) is 1.22. The van der Waals surface area contributed by atoms with E-state index in [-0.39, 0.29) is 0 Å². The van der Waals surface area contributed by atoms with Gasteiger partial charge in [-0.25, -0.2) is 0 Å². The van der Waals surface area contributed by atoms with Crippen LogP contribution in [0.1, 0.15) is 0 Å². The molecular weight excluding hydrogens is 159 g/mol. The summed E-state index contributed by atoms with van der Waals surface area (Å²) in [7, 11) is 0. The largest absolute Gasteiger partial charge is 0.403 e. The zero-order chi connectivity index (χ0) is 8.48. The van der Waals surface area contributed by atoms with E-state index in [1.54, 1.807) is 0 Å². The lowest BCUT2D eigenvalue weighted by molar-refractivity contribution is -0.163. The summed E-state index contributed by atoms with van der Waals surface area (Å²) in [5.74, 6) is -3.01. The molecule has 0 fully saturated rings. The predicted molar refractivity (Wildman–Crippen MR) is 32.2 cm³/mol. The molecule has 0 bridgehead atoms. The number of allylic oxidation sites excluding steroid dienone is 1. The molecule has 2 nitrogen and oxygen atoms in total. The van der Waals surface area contributed by atoms with Crippen LogP contribution in [0.25, 0.3) is 0 Å². The van der Waals surface area contributed by atoms with Gasteiger partial charge < -0.3 is 0 Å². The van der Waals surface area contributed by atoms with Crippen LogP contribution in [0.3, 0.4) is 0 Å². The molecule has 5 heteroatoms. The highest BCUT2D eigenvalue weighted by Gasteiger charge is 2.43. The summed E-state index contributed by atoms with van der Waals surface area (Å²) >= 11 is 0. The Morgan fingerprint density at radius 3 is 2.45 bits per heavy atom. The van der Waals surface area contributed by atoms with E-state index in [1.807, 2.05) is 0 Å². The van der Waals surface area contributed by atoms with Crippen molar-refractivity contribution in [3.63, 3.8) is 0 Å². The van der Waals surface area contributed by atoms with Crippen LogP contribution >= 0.6 is 0 Å². The number of hydrogen-bond donors (Lipinski definition) is 0. The number of alkyl halides is 3. The van der Waals surface area contributed by atoms with E-state index in [9.17, 15) is 18.0 Å². The molecule has 0 aromatic carbocycles. The van der Waals surface area contributed by atoms with Crippen LogP contribution in [-0.4, -0.2) is 18.2 Å². The molecule has 0 amide bonds. The topological polar surface area (TPSA) is 29.4 Å². The number of carbonyl (C=O) groups excluding carboxylic acids is 1. The maximum Gasteiger partial charge on any atom is 0.403 e. The van der Waals surface area contributed by atoms with Gasteiger partial charge in [-0.1, -0.05) is 0 Å². The molecule has 0 N–H and O–H groups in total. The van der Waals surface area contributed by atoms with Crippen LogP contribution < -0.4 is 0 Å². The highest BCUT2D eigenvalue weighted by molar-refractivity contribution is 6.04. The van der Waals surface area contributed by atoms with E-state index in [1.165, 1.54) is 0 Å². The first-order chi connectivity index (χ1) is 5.02. The SMILES string of the molecule is O=C1C=CN=CC1C(F)(F)F. The van der Waals surface area contributed by atoms with Crippen molar-refractivity contribution in [2.75, 3.05) is 0 Å². The van der Waals surface area contributed by atoms with Gasteiger partial charge in [-0.15, -0.1) is 0 Å². The van der Waals surface area contributed by atoms with Crippen LogP contribution in [-0.2, 0) is 4.79 Å². The van der Waals surface area contributed by atoms with E-state index in [2.05, 4.69) is 4.99 Å². The minimum Gasteiger partial charge on any atom is -0.294 e. The van der Waals surface area contributed by atoms with Gasteiger partial charge in [-0.2, -0.15) is 13.2 Å². The quantitative estimate of drug-likeness (QED) is 0.529. The first kappa shape index (κ1) is 7.97. The highest BCUT2D eigenvalue weighted by atomic mass is 19.4. The molecule has 0 spiro atoms. The lowest BCUT2D eigenvalue weighted by Crippen LogP contribution is -2.31. The molecule has 11 heavy (non-hydrogen) atoms. The van der Waals surface area contributed by atoms with Gasteiger partial charge in [0, 0.05) is 18.5 Å². The normalized spacial score (nSPS) is 24.3. The Hall–Kier alpha value is -1.13. The van der Waals surface area contributed by atoms with E-state index in [0.717, 1.165) is 12.3 Å². The number of hydrogen-bond acceptors (Lipinski definition) is 2. The second kappa shape index (κ2) is 2.48. The van der Waals surface area contributed by atoms with Gasteiger partial charge >= 0.3 is 6.18 Å². The van der Waals surface area contributed by atoms with Gasteiger partial charge in [0.15, 0.2) is 11.7 Å². The minimum absolute atomic E-state index is 0.600. The van der Waals surface area contributed by atoms with Crippen LogP contribution in [0.5, 0.6) is 0 Å². The smallest absolute Gasteiger partial charge is 0.294 e. The fraction of sp³-hybridized carbons (Fsp3) is 0.333. The maximum atomic E-state index is 11.8. The van der Waals surface area contributed by atoms with Crippen molar-refractivity contribution in [3.05, 3.63) is 12.3 Å². The third kappa shape index (κ3) is 1.66. The Kier molecular flexibility index (Phi) is 1.80. The Morgan fingerprint density at radius 1 is 1.45 bits per heavy atom. The number of rotatable bonds is 0. The van der Waals surface area contributed by atoms with E-state index in [0.29, 0.717) is 6.21 Å². The van der Waals surface area contributed by atoms with Crippen molar-refractivity contribution < 1.29 is 18.0 Å². The van der Waals surface area contributed by atoms with Gasteiger partial charge in [0.25, 0.3) is 0 Å². The van der Waals surface area contributed by atoms with Crippen LogP contribution in [0.4, 0.5) is 13.2 Å². The van der Waals surface area contributed by atoms with Crippen molar-refractivity contribution in [1.29, 1.82) is 0 Å². The lowest BCUT2D eigenvalue weighted by Gasteiger charge is -2.13. The summed E-state index contributed by atoms with van der Waals surface area (Å²) in [5, 5.41) is 0. The lowest BCUT2D eigenvalue weighted by atomic mass is 10.0. The number of ketones is 1. The van der Waals surface area contributed by atoms with E-state index >= 15 is 0 Å². The summed E-state index contributed by atoms with van der Waals surface area (Å²) in [4.78, 5) is 13.8. The molecule has 0 aromatic heterocycles. The van der Waals surface area contributed by atoms with Gasteiger partial charge in [0.1, 0.15) is 0 Å². The monoisotopic (exact) mass is 163 g/mol. The summed E-state index contributed by atoms with van der Waals surface area (Å²) in [5.41, 5.74) is 0. The van der Waals surface area contributed by atoms with Crippen molar-refractivity contribution in [1.82, 2.24) is 0 Å². The molecule has 0 saturated carbocycles. The molecule has 1 heterocycles. The Balaban J connectivity index is 2.82. The minimum atomic E-state index is -4.51. The fourth-order valence-electron chi connectivity index (χ4n) is 0.675. The van der Waals surface area contributed by atoms with Crippen molar-refractivity contribution in [3.8, 4) is 0 Å². The summed E-state index contributed by atoms with van der Waals surface area (Å²) < 4.78 is 35.5. The standard InChI is InChI=1S/C6H4F3NO/c7-6(8,9)4-3-10-2-1-5(4)11/h1-4H. The molecule has 1 unspecified atom stereocenters. The Bertz CT molecular complexity index is 228. The van der Waals surface area contributed by atoms with Gasteiger partial charge in [-0.3, -0.25) is 9.79 Å². The Labute approximate surface area is 60.4 Å². The molecule has 1 aliphatic rings. The summed E-state index contributed by atoms with van der Waals surface area (Å²) in [6.45, 7) is 0. The number of aliphatic imine (C=N–C) groups is 1. The molecule has 60 valence electrons. The summed E-state index contributed by atoms with van der Waals surface area (Å²) in [6.07, 6.45) is -2.05. The molecule has 1 atom stereocenters. The number of halogens is 3. The van der Waals surface area contributed by atoms with Crippen molar-refractivity contribution in [2.24, 2.45) is 10.9 Å². The van der Waals surface area contributed by atoms with Gasteiger partial charge in [0.05, 0.1) is 0 Å². The van der Waals surface area contributed by atoms with Crippen LogP contribution in [0, 0.1) is 5.92 Å². The molecule has 0 aromatic rings. The second-order valence-corrected chi connectivity index (χ2v) is 2.04. The molecule has 1 rings (SSSR count). The van der Waals surface area contributed by atoms with Crippen molar-refractivity contribution >= 4 is 12.0 Å². The zero-order valence-electron chi connectivity index (χ0n) is 5.30. The zero-order valence-corrected chi connectivity index (χ0v) is 5.30. The number of nitrogens with zero attached hydrogens (tertiary/aromatic N) is 1. The van der Waals surface area contributed by atoms with Gasteiger partial charge in [-0.05, 0) is 0 Å². The second-order valence-electron chi connectivity index (χ2n) is 2.04. The van der Waals surface area contributed by atoms with E-state index < -0.39 is 17.9 Å². The maximum absolute atomic E-state index is 11.8. The third-order valence-corrected chi connectivity index (χ3v) is 1.22. The molecule has 1 aliphatic heterocycles.